The van der Waals surface area contributed by atoms with E-state index in [2.05, 4.69) is 19.9 Å². The summed E-state index contributed by atoms with van der Waals surface area (Å²) in [5, 5.41) is 9.18. The van der Waals surface area contributed by atoms with Crippen molar-refractivity contribution in [2.24, 2.45) is 5.92 Å². The predicted molar refractivity (Wildman–Crippen MR) is 72.6 cm³/mol. The molecule has 1 aromatic heterocycles. The van der Waals surface area contributed by atoms with Gasteiger partial charge in [0.2, 0.25) is 11.2 Å². The Morgan fingerprint density at radius 1 is 1.42 bits per heavy atom. The van der Waals surface area contributed by atoms with Crippen LogP contribution in [0.15, 0.2) is 0 Å². The zero-order valence-corrected chi connectivity index (χ0v) is 11.8. The summed E-state index contributed by atoms with van der Waals surface area (Å²) in [7, 11) is 0. The van der Waals surface area contributed by atoms with Crippen LogP contribution in [0.5, 0.6) is 6.01 Å². The fourth-order valence-electron chi connectivity index (χ4n) is 2.32. The van der Waals surface area contributed by atoms with Gasteiger partial charge in [0, 0.05) is 19.7 Å². The summed E-state index contributed by atoms with van der Waals surface area (Å²) >= 11 is 5.89. The highest BCUT2D eigenvalue weighted by atomic mass is 35.5. The largest absolute Gasteiger partial charge is 0.464 e. The minimum Gasteiger partial charge on any atom is -0.464 e. The maximum atomic E-state index is 9.03. The van der Waals surface area contributed by atoms with Crippen molar-refractivity contribution in [3.63, 3.8) is 0 Å². The quantitative estimate of drug-likeness (QED) is 0.885. The van der Waals surface area contributed by atoms with E-state index in [0.717, 1.165) is 32.4 Å². The molecule has 0 aromatic carbocycles. The number of hydrogen-bond donors (Lipinski definition) is 1. The van der Waals surface area contributed by atoms with E-state index in [4.69, 9.17) is 21.4 Å². The number of anilines is 1. The maximum Gasteiger partial charge on any atom is 0.322 e. The number of ether oxygens (including phenoxy) is 1. The molecule has 0 saturated carbocycles. The number of rotatable bonds is 5. The van der Waals surface area contributed by atoms with Crippen LogP contribution in [0.4, 0.5) is 5.95 Å². The van der Waals surface area contributed by atoms with Gasteiger partial charge in [-0.15, -0.1) is 0 Å². The fourth-order valence-corrected chi connectivity index (χ4v) is 2.47. The van der Waals surface area contributed by atoms with Crippen molar-refractivity contribution >= 4 is 17.5 Å². The van der Waals surface area contributed by atoms with Gasteiger partial charge >= 0.3 is 6.01 Å². The number of hydrogen-bond acceptors (Lipinski definition) is 6. The molecule has 19 heavy (non-hydrogen) atoms. The Morgan fingerprint density at radius 2 is 2.26 bits per heavy atom. The average molecular weight is 287 g/mol. The van der Waals surface area contributed by atoms with E-state index in [1.54, 1.807) is 0 Å². The first kappa shape index (κ1) is 14.3. The highest BCUT2D eigenvalue weighted by Crippen LogP contribution is 2.24. The molecule has 1 unspecified atom stereocenters. The third kappa shape index (κ3) is 3.91. The summed E-state index contributed by atoms with van der Waals surface area (Å²) < 4.78 is 5.28. The number of halogens is 1. The lowest BCUT2D eigenvalue weighted by Crippen LogP contribution is -2.37. The molecule has 0 spiro atoms. The summed E-state index contributed by atoms with van der Waals surface area (Å²) in [5.41, 5.74) is 0. The standard InChI is InChI=1S/C12H19ClN4O2/c1-2-19-12-15-10(13)14-11(16-12)17-6-3-4-9(8-17)5-7-18/h9,18H,2-8H2,1H3. The zero-order chi connectivity index (χ0) is 13.7. The Labute approximate surface area is 117 Å². The second-order valence-electron chi connectivity index (χ2n) is 4.59. The van der Waals surface area contributed by atoms with Gasteiger partial charge in [0.15, 0.2) is 0 Å². The summed E-state index contributed by atoms with van der Waals surface area (Å²) in [4.78, 5) is 14.4. The Balaban J connectivity index is 2.11. The van der Waals surface area contributed by atoms with Crippen LogP contribution in [0, 0.1) is 5.92 Å². The van der Waals surface area contributed by atoms with E-state index >= 15 is 0 Å². The van der Waals surface area contributed by atoms with Crippen LogP contribution in [0.2, 0.25) is 5.28 Å². The monoisotopic (exact) mass is 286 g/mol. The van der Waals surface area contributed by atoms with Gasteiger partial charge < -0.3 is 14.7 Å². The Kier molecular flexibility index (Phi) is 5.15. The number of aliphatic hydroxyl groups is 1. The number of aromatic nitrogens is 3. The molecule has 1 N–H and O–H groups in total. The van der Waals surface area contributed by atoms with Crippen molar-refractivity contribution in [2.75, 3.05) is 31.2 Å². The molecule has 1 aromatic rings. The Bertz CT molecular complexity index is 417. The molecule has 0 bridgehead atoms. The third-order valence-corrected chi connectivity index (χ3v) is 3.36. The SMILES string of the molecule is CCOc1nc(Cl)nc(N2CCCC(CCO)C2)n1. The highest BCUT2D eigenvalue weighted by Gasteiger charge is 2.22. The van der Waals surface area contributed by atoms with Crippen LogP contribution in [0.3, 0.4) is 0 Å². The van der Waals surface area contributed by atoms with Crippen molar-refractivity contribution in [1.29, 1.82) is 0 Å². The minimum atomic E-state index is 0.151. The molecule has 2 rings (SSSR count). The normalized spacial score (nSPS) is 19.5. The molecule has 1 fully saturated rings. The van der Waals surface area contributed by atoms with Crippen LogP contribution < -0.4 is 9.64 Å². The molecule has 2 heterocycles. The van der Waals surface area contributed by atoms with Crippen molar-refractivity contribution in [2.45, 2.75) is 26.2 Å². The molecule has 6 nitrogen and oxygen atoms in total. The molecule has 1 aliphatic rings. The number of nitrogens with zero attached hydrogens (tertiary/aromatic N) is 4. The topological polar surface area (TPSA) is 71.4 Å². The molecular weight excluding hydrogens is 268 g/mol. The van der Waals surface area contributed by atoms with Crippen LogP contribution >= 0.6 is 11.6 Å². The molecule has 1 aliphatic heterocycles. The molecule has 0 radical (unpaired) electrons. The van der Waals surface area contributed by atoms with Crippen molar-refractivity contribution in [3.8, 4) is 6.01 Å². The second-order valence-corrected chi connectivity index (χ2v) is 4.92. The van der Waals surface area contributed by atoms with Crippen molar-refractivity contribution in [1.82, 2.24) is 15.0 Å². The third-order valence-electron chi connectivity index (χ3n) is 3.19. The van der Waals surface area contributed by atoms with E-state index < -0.39 is 0 Å². The first-order valence-corrected chi connectivity index (χ1v) is 7.01. The maximum absolute atomic E-state index is 9.03. The van der Waals surface area contributed by atoms with E-state index in [-0.39, 0.29) is 17.9 Å². The lowest BCUT2D eigenvalue weighted by atomic mass is 9.95. The smallest absolute Gasteiger partial charge is 0.322 e. The fraction of sp³-hybridized carbons (Fsp3) is 0.750. The molecule has 7 heteroatoms. The summed E-state index contributed by atoms with van der Waals surface area (Å²) in [6, 6.07) is 0.266. The molecular formula is C12H19ClN4O2. The van der Waals surface area contributed by atoms with Gasteiger partial charge in [-0.2, -0.15) is 15.0 Å². The highest BCUT2D eigenvalue weighted by molar-refractivity contribution is 6.28. The first-order chi connectivity index (χ1) is 9.22. The second kappa shape index (κ2) is 6.86. The van der Waals surface area contributed by atoms with E-state index in [1.165, 1.54) is 0 Å². The molecule has 0 amide bonds. The van der Waals surface area contributed by atoms with E-state index in [9.17, 15) is 0 Å². The number of piperidine rings is 1. The minimum absolute atomic E-state index is 0.151. The summed E-state index contributed by atoms with van der Waals surface area (Å²) in [6.07, 6.45) is 3.01. The zero-order valence-electron chi connectivity index (χ0n) is 11.0. The van der Waals surface area contributed by atoms with Crippen LogP contribution in [0.25, 0.3) is 0 Å². The lowest BCUT2D eigenvalue weighted by molar-refractivity contribution is 0.243. The van der Waals surface area contributed by atoms with Crippen LogP contribution in [0.1, 0.15) is 26.2 Å². The predicted octanol–water partition coefficient (Wildman–Crippen LogP) is 1.52. The first-order valence-electron chi connectivity index (χ1n) is 6.63. The summed E-state index contributed by atoms with van der Waals surface area (Å²) in [6.45, 7) is 4.32. The van der Waals surface area contributed by atoms with Gasteiger partial charge in [0.1, 0.15) is 0 Å². The van der Waals surface area contributed by atoms with Gasteiger partial charge in [0.05, 0.1) is 6.61 Å². The number of aliphatic hydroxyl groups excluding tert-OH is 1. The van der Waals surface area contributed by atoms with E-state index in [0.29, 0.717) is 18.5 Å². The van der Waals surface area contributed by atoms with Crippen molar-refractivity contribution < 1.29 is 9.84 Å². The summed E-state index contributed by atoms with van der Waals surface area (Å²) in [5.74, 6) is 1.04. The molecule has 1 atom stereocenters. The van der Waals surface area contributed by atoms with Crippen LogP contribution in [-0.4, -0.2) is 46.4 Å². The Morgan fingerprint density at radius 3 is 3.00 bits per heavy atom. The van der Waals surface area contributed by atoms with Crippen LogP contribution in [-0.2, 0) is 0 Å². The molecule has 106 valence electrons. The Hall–Kier alpha value is -1.14. The molecule has 0 aliphatic carbocycles. The van der Waals surface area contributed by atoms with Gasteiger partial charge in [0.25, 0.3) is 0 Å². The lowest BCUT2D eigenvalue weighted by Gasteiger charge is -2.32. The van der Waals surface area contributed by atoms with Crippen molar-refractivity contribution in [3.05, 3.63) is 5.28 Å². The van der Waals surface area contributed by atoms with Gasteiger partial charge in [-0.1, -0.05) is 0 Å². The molecule has 1 saturated heterocycles. The van der Waals surface area contributed by atoms with Gasteiger partial charge in [-0.3, -0.25) is 0 Å². The van der Waals surface area contributed by atoms with E-state index in [1.807, 2.05) is 6.92 Å². The average Bonchev–Trinajstić information content (AvgIpc) is 2.39. The van der Waals surface area contributed by atoms with Gasteiger partial charge in [-0.25, -0.2) is 0 Å². The van der Waals surface area contributed by atoms with Gasteiger partial charge in [-0.05, 0) is 43.7 Å².